The number of rotatable bonds is 5. The molecule has 0 bridgehead atoms. The lowest BCUT2D eigenvalue weighted by Gasteiger charge is -2.20. The molecule has 0 aliphatic rings. The molecule has 0 amide bonds. The number of aryl methyl sites for hydroxylation is 1. The highest BCUT2D eigenvalue weighted by atomic mass is 15.1. The van der Waals surface area contributed by atoms with Gasteiger partial charge in [0.2, 0.25) is 0 Å². The van der Waals surface area contributed by atoms with E-state index >= 15 is 0 Å². The van der Waals surface area contributed by atoms with Crippen LogP contribution >= 0.6 is 0 Å². The molecule has 0 aliphatic heterocycles. The third-order valence-corrected chi connectivity index (χ3v) is 2.46. The van der Waals surface area contributed by atoms with Gasteiger partial charge in [-0.25, -0.2) is 0 Å². The molecule has 0 radical (unpaired) electrons. The third kappa shape index (κ3) is 4.40. The van der Waals surface area contributed by atoms with Crippen LogP contribution in [0.3, 0.4) is 0 Å². The summed E-state index contributed by atoms with van der Waals surface area (Å²) in [7, 11) is 4.11. The van der Waals surface area contributed by atoms with Crippen molar-refractivity contribution in [2.24, 2.45) is 0 Å². The van der Waals surface area contributed by atoms with Crippen molar-refractivity contribution in [1.82, 2.24) is 15.2 Å². The first kappa shape index (κ1) is 12.1. The number of hydrogen-bond acceptors (Lipinski definition) is 3. The van der Waals surface area contributed by atoms with Crippen LogP contribution < -0.4 is 5.32 Å². The first-order valence-electron chi connectivity index (χ1n) is 5.40. The van der Waals surface area contributed by atoms with Crippen molar-refractivity contribution in [3.05, 3.63) is 29.6 Å². The summed E-state index contributed by atoms with van der Waals surface area (Å²) in [5, 5.41) is 3.23. The Labute approximate surface area is 92.5 Å². The zero-order chi connectivity index (χ0) is 11.3. The topological polar surface area (TPSA) is 28.2 Å². The summed E-state index contributed by atoms with van der Waals surface area (Å²) >= 11 is 0. The summed E-state index contributed by atoms with van der Waals surface area (Å²) < 4.78 is 0. The normalized spacial score (nSPS) is 13.1. The molecule has 0 fully saturated rings. The number of pyridine rings is 1. The van der Waals surface area contributed by atoms with E-state index in [1.54, 1.807) is 0 Å². The van der Waals surface area contributed by atoms with Gasteiger partial charge in [-0.05, 0) is 40.1 Å². The van der Waals surface area contributed by atoms with Crippen LogP contribution in [0.2, 0.25) is 0 Å². The first-order valence-corrected chi connectivity index (χ1v) is 5.40. The smallest absolute Gasteiger partial charge is 0.0547 e. The quantitative estimate of drug-likeness (QED) is 0.791. The van der Waals surface area contributed by atoms with Crippen LogP contribution in [0.5, 0.6) is 0 Å². The van der Waals surface area contributed by atoms with Crippen molar-refractivity contribution in [2.75, 3.05) is 20.6 Å². The van der Waals surface area contributed by atoms with Gasteiger partial charge in [0.15, 0.2) is 0 Å². The molecular weight excluding hydrogens is 186 g/mol. The maximum atomic E-state index is 4.48. The Morgan fingerprint density at radius 3 is 2.80 bits per heavy atom. The third-order valence-electron chi connectivity index (χ3n) is 2.46. The van der Waals surface area contributed by atoms with Crippen LogP contribution in [0.1, 0.15) is 18.3 Å². The van der Waals surface area contributed by atoms with Crippen molar-refractivity contribution in [2.45, 2.75) is 26.4 Å². The van der Waals surface area contributed by atoms with Gasteiger partial charge in [0, 0.05) is 24.8 Å². The first-order chi connectivity index (χ1) is 7.11. The molecule has 3 nitrogen and oxygen atoms in total. The fourth-order valence-electron chi connectivity index (χ4n) is 1.59. The maximum Gasteiger partial charge on any atom is 0.0547 e. The van der Waals surface area contributed by atoms with Crippen molar-refractivity contribution in [3.63, 3.8) is 0 Å². The van der Waals surface area contributed by atoms with Crippen LogP contribution in [-0.2, 0) is 6.54 Å². The predicted octanol–water partition coefficient (Wildman–Crippen LogP) is 1.43. The highest BCUT2D eigenvalue weighted by Gasteiger charge is 2.05. The highest BCUT2D eigenvalue weighted by molar-refractivity contribution is 5.09. The average molecular weight is 207 g/mol. The molecule has 84 valence electrons. The van der Waals surface area contributed by atoms with Crippen LogP contribution in [-0.4, -0.2) is 36.6 Å². The predicted molar refractivity (Wildman–Crippen MR) is 63.8 cm³/mol. The minimum Gasteiger partial charge on any atom is -0.316 e. The standard InChI is InChI=1S/C12H21N3/c1-10-6-5-7-12(14-10)9-15(4)8-11(2)13-3/h5-7,11,13H,8-9H2,1-4H3. The second-order valence-corrected chi connectivity index (χ2v) is 4.16. The number of likely N-dealkylation sites (N-methyl/N-ethyl adjacent to an activating group) is 2. The van der Waals surface area contributed by atoms with Gasteiger partial charge in [0.25, 0.3) is 0 Å². The average Bonchev–Trinajstić information content (AvgIpc) is 2.17. The zero-order valence-electron chi connectivity index (χ0n) is 10.1. The zero-order valence-corrected chi connectivity index (χ0v) is 10.1. The summed E-state index contributed by atoms with van der Waals surface area (Å²) in [5.41, 5.74) is 2.23. The van der Waals surface area contributed by atoms with Crippen LogP contribution in [0, 0.1) is 6.92 Å². The lowest BCUT2D eigenvalue weighted by molar-refractivity contribution is 0.292. The van der Waals surface area contributed by atoms with E-state index in [0.717, 1.165) is 24.5 Å². The van der Waals surface area contributed by atoms with Gasteiger partial charge in [0.05, 0.1) is 5.69 Å². The number of nitrogens with one attached hydrogen (secondary N) is 1. The largest absolute Gasteiger partial charge is 0.316 e. The fraction of sp³-hybridized carbons (Fsp3) is 0.583. The molecule has 15 heavy (non-hydrogen) atoms. The molecule has 1 aromatic rings. The van der Waals surface area contributed by atoms with E-state index < -0.39 is 0 Å². The molecule has 1 aromatic heterocycles. The van der Waals surface area contributed by atoms with E-state index in [0.29, 0.717) is 6.04 Å². The van der Waals surface area contributed by atoms with Crippen LogP contribution in [0.4, 0.5) is 0 Å². The lowest BCUT2D eigenvalue weighted by atomic mass is 10.2. The van der Waals surface area contributed by atoms with Crippen molar-refractivity contribution in [3.8, 4) is 0 Å². The van der Waals surface area contributed by atoms with Gasteiger partial charge in [-0.3, -0.25) is 9.88 Å². The van der Waals surface area contributed by atoms with E-state index in [4.69, 9.17) is 0 Å². The Bertz CT molecular complexity index is 299. The fourth-order valence-corrected chi connectivity index (χ4v) is 1.59. The molecule has 1 atom stereocenters. The maximum absolute atomic E-state index is 4.48. The molecule has 1 N–H and O–H groups in total. The second-order valence-electron chi connectivity index (χ2n) is 4.16. The molecule has 1 heterocycles. The molecule has 0 spiro atoms. The number of nitrogens with zero attached hydrogens (tertiary/aromatic N) is 2. The van der Waals surface area contributed by atoms with Gasteiger partial charge < -0.3 is 5.32 Å². The number of aromatic nitrogens is 1. The Morgan fingerprint density at radius 1 is 1.47 bits per heavy atom. The highest BCUT2D eigenvalue weighted by Crippen LogP contribution is 2.02. The summed E-state index contributed by atoms with van der Waals surface area (Å²) in [6.45, 7) is 6.15. The van der Waals surface area contributed by atoms with Gasteiger partial charge >= 0.3 is 0 Å². The summed E-state index contributed by atoms with van der Waals surface area (Å²) in [4.78, 5) is 6.76. The molecule has 0 saturated carbocycles. The Balaban J connectivity index is 2.47. The van der Waals surface area contributed by atoms with E-state index in [1.807, 2.05) is 20.0 Å². The number of hydrogen-bond donors (Lipinski definition) is 1. The lowest BCUT2D eigenvalue weighted by Crippen LogP contribution is -2.35. The molecule has 0 aromatic carbocycles. The minimum atomic E-state index is 0.514. The van der Waals surface area contributed by atoms with E-state index in [1.165, 1.54) is 0 Å². The Kier molecular flexibility index (Phi) is 4.72. The van der Waals surface area contributed by atoms with Crippen molar-refractivity contribution in [1.29, 1.82) is 0 Å². The van der Waals surface area contributed by atoms with Crippen molar-refractivity contribution >= 4 is 0 Å². The van der Waals surface area contributed by atoms with Gasteiger partial charge in [-0.2, -0.15) is 0 Å². The Morgan fingerprint density at radius 2 is 2.20 bits per heavy atom. The molecule has 1 unspecified atom stereocenters. The molecular formula is C12H21N3. The molecule has 0 saturated heterocycles. The monoisotopic (exact) mass is 207 g/mol. The van der Waals surface area contributed by atoms with Gasteiger partial charge in [-0.1, -0.05) is 6.07 Å². The SMILES string of the molecule is CNC(C)CN(C)Cc1cccc(C)n1. The second kappa shape index (κ2) is 5.83. The van der Waals surface area contributed by atoms with E-state index in [-0.39, 0.29) is 0 Å². The summed E-state index contributed by atoms with van der Waals surface area (Å²) in [6, 6.07) is 6.68. The van der Waals surface area contributed by atoms with E-state index in [9.17, 15) is 0 Å². The van der Waals surface area contributed by atoms with Crippen LogP contribution in [0.15, 0.2) is 18.2 Å². The van der Waals surface area contributed by atoms with E-state index in [2.05, 4.69) is 41.3 Å². The summed E-state index contributed by atoms with van der Waals surface area (Å²) in [6.07, 6.45) is 0. The van der Waals surface area contributed by atoms with Gasteiger partial charge in [0.1, 0.15) is 0 Å². The molecule has 1 rings (SSSR count). The molecule has 0 aliphatic carbocycles. The van der Waals surface area contributed by atoms with Crippen molar-refractivity contribution < 1.29 is 0 Å². The minimum absolute atomic E-state index is 0.514. The van der Waals surface area contributed by atoms with Gasteiger partial charge in [-0.15, -0.1) is 0 Å². The molecule has 3 heteroatoms. The van der Waals surface area contributed by atoms with Crippen LogP contribution in [0.25, 0.3) is 0 Å². The Hall–Kier alpha value is -0.930. The summed E-state index contributed by atoms with van der Waals surface area (Å²) in [5.74, 6) is 0.